The zero-order chi connectivity index (χ0) is 13.3. The molecule has 0 spiro atoms. The van der Waals surface area contributed by atoms with Crippen LogP contribution >= 0.6 is 0 Å². The fourth-order valence-corrected chi connectivity index (χ4v) is 4.55. The highest BCUT2D eigenvalue weighted by Gasteiger charge is 2.52. The fourth-order valence-electron chi connectivity index (χ4n) is 4.55. The van der Waals surface area contributed by atoms with Crippen molar-refractivity contribution in [2.75, 3.05) is 6.54 Å². The van der Waals surface area contributed by atoms with Crippen LogP contribution in [0.25, 0.3) is 0 Å². The Morgan fingerprint density at radius 2 is 1.50 bits per heavy atom. The highest BCUT2D eigenvalue weighted by Crippen LogP contribution is 2.53. The van der Waals surface area contributed by atoms with Gasteiger partial charge in [0.2, 0.25) is 0 Å². The topological polar surface area (TPSA) is 46.2 Å². The van der Waals surface area contributed by atoms with E-state index in [-0.39, 0.29) is 10.8 Å². The van der Waals surface area contributed by atoms with Crippen LogP contribution in [0.1, 0.15) is 78.1 Å². The first-order chi connectivity index (χ1) is 8.43. The highest BCUT2D eigenvalue weighted by molar-refractivity contribution is 5.04. The lowest BCUT2D eigenvalue weighted by atomic mass is 9.56. The van der Waals surface area contributed by atoms with Gasteiger partial charge in [0, 0.05) is 12.0 Å². The van der Waals surface area contributed by atoms with Crippen LogP contribution in [0.3, 0.4) is 0 Å². The van der Waals surface area contributed by atoms with Crippen molar-refractivity contribution in [2.45, 2.75) is 83.7 Å². The number of hydrogen-bond acceptors (Lipinski definition) is 2. The van der Waals surface area contributed by atoms with E-state index in [9.17, 15) is 5.11 Å². The lowest BCUT2D eigenvalue weighted by Crippen LogP contribution is -2.56. The molecule has 0 aromatic heterocycles. The third-order valence-corrected chi connectivity index (χ3v) is 5.65. The molecule has 0 heterocycles. The molecule has 1 unspecified atom stereocenters. The van der Waals surface area contributed by atoms with E-state index >= 15 is 0 Å². The van der Waals surface area contributed by atoms with E-state index in [1.165, 1.54) is 32.1 Å². The summed E-state index contributed by atoms with van der Waals surface area (Å²) in [6, 6.07) is 0. The molecule has 0 radical (unpaired) electrons. The molecule has 2 saturated carbocycles. The molecular weight excluding hydrogens is 222 g/mol. The largest absolute Gasteiger partial charge is 0.389 e. The first-order valence-corrected chi connectivity index (χ1v) is 7.86. The molecule has 0 amide bonds. The minimum absolute atomic E-state index is 0.00118. The van der Waals surface area contributed by atoms with Crippen molar-refractivity contribution in [1.29, 1.82) is 0 Å². The Morgan fingerprint density at radius 3 is 2.00 bits per heavy atom. The molecule has 0 aliphatic heterocycles. The average molecular weight is 253 g/mol. The maximum atomic E-state index is 11.3. The molecule has 2 fully saturated rings. The van der Waals surface area contributed by atoms with Crippen molar-refractivity contribution in [3.8, 4) is 0 Å². The first kappa shape index (κ1) is 14.3. The van der Waals surface area contributed by atoms with Gasteiger partial charge in [0.1, 0.15) is 0 Å². The summed E-state index contributed by atoms with van der Waals surface area (Å²) in [5.74, 6) is 0. The summed E-state index contributed by atoms with van der Waals surface area (Å²) in [6.45, 7) is 5.27. The summed E-state index contributed by atoms with van der Waals surface area (Å²) in [6.07, 6.45) is 11.7. The van der Waals surface area contributed by atoms with Crippen LogP contribution in [0, 0.1) is 10.8 Å². The number of nitrogens with two attached hydrogens (primary N) is 1. The van der Waals surface area contributed by atoms with E-state index < -0.39 is 5.60 Å². The molecule has 2 heteroatoms. The summed E-state index contributed by atoms with van der Waals surface area (Å²) < 4.78 is 0. The van der Waals surface area contributed by atoms with Gasteiger partial charge >= 0.3 is 0 Å². The maximum Gasteiger partial charge on any atom is 0.0720 e. The Balaban J connectivity index is 2.23. The summed E-state index contributed by atoms with van der Waals surface area (Å²) in [5.41, 5.74) is 5.93. The van der Waals surface area contributed by atoms with E-state index in [0.717, 1.165) is 32.1 Å². The van der Waals surface area contributed by atoms with Gasteiger partial charge in [-0.15, -0.1) is 0 Å². The lowest BCUT2D eigenvalue weighted by Gasteiger charge is -2.53. The molecule has 0 saturated heterocycles. The smallest absolute Gasteiger partial charge is 0.0720 e. The minimum atomic E-state index is -0.506. The van der Waals surface area contributed by atoms with Crippen LogP contribution in [0.4, 0.5) is 0 Å². The third kappa shape index (κ3) is 2.60. The molecule has 3 N–H and O–H groups in total. The Hall–Kier alpha value is -0.0800. The first-order valence-electron chi connectivity index (χ1n) is 7.86. The van der Waals surface area contributed by atoms with Crippen molar-refractivity contribution in [3.05, 3.63) is 0 Å². The number of rotatable bonds is 2. The Labute approximate surface area is 112 Å². The summed E-state index contributed by atoms with van der Waals surface area (Å²) in [4.78, 5) is 0. The van der Waals surface area contributed by atoms with Crippen LogP contribution in [-0.4, -0.2) is 17.3 Å². The molecular formula is C16H31NO. The van der Waals surface area contributed by atoms with Gasteiger partial charge < -0.3 is 10.8 Å². The normalized spacial score (nSPS) is 36.0. The van der Waals surface area contributed by atoms with E-state index in [0.29, 0.717) is 6.54 Å². The van der Waals surface area contributed by atoms with Crippen molar-refractivity contribution in [2.24, 2.45) is 16.6 Å². The molecule has 1 atom stereocenters. The summed E-state index contributed by atoms with van der Waals surface area (Å²) in [5, 5.41) is 11.3. The standard InChI is InChI=1S/C16H31NO/c1-14(2)8-7-11-16(18,12-14)15(13-17)9-5-3-4-6-10-15/h18H,3-13,17H2,1-2H3. The predicted molar refractivity (Wildman–Crippen MR) is 76.4 cm³/mol. The van der Waals surface area contributed by atoms with Gasteiger partial charge in [-0.3, -0.25) is 0 Å². The molecule has 2 aliphatic carbocycles. The van der Waals surface area contributed by atoms with Crippen LogP contribution in [0.15, 0.2) is 0 Å². The van der Waals surface area contributed by atoms with Crippen molar-refractivity contribution in [1.82, 2.24) is 0 Å². The Kier molecular flexibility index (Phi) is 4.08. The molecule has 0 bridgehead atoms. The quantitative estimate of drug-likeness (QED) is 0.738. The summed E-state index contributed by atoms with van der Waals surface area (Å²) >= 11 is 0. The molecule has 0 aromatic carbocycles. The van der Waals surface area contributed by atoms with Crippen LogP contribution in [0.5, 0.6) is 0 Å². The van der Waals surface area contributed by atoms with Gasteiger partial charge in [0.25, 0.3) is 0 Å². The van der Waals surface area contributed by atoms with Crippen LogP contribution in [-0.2, 0) is 0 Å². The molecule has 2 aliphatic rings. The predicted octanol–water partition coefficient (Wildman–Crippen LogP) is 3.62. The van der Waals surface area contributed by atoms with E-state index in [2.05, 4.69) is 13.8 Å². The fraction of sp³-hybridized carbons (Fsp3) is 1.00. The Bertz CT molecular complexity index is 279. The zero-order valence-electron chi connectivity index (χ0n) is 12.3. The molecule has 106 valence electrons. The van der Waals surface area contributed by atoms with Gasteiger partial charge in [-0.2, -0.15) is 0 Å². The van der Waals surface area contributed by atoms with Gasteiger partial charge in [0.15, 0.2) is 0 Å². The Morgan fingerprint density at radius 1 is 0.889 bits per heavy atom. The zero-order valence-corrected chi connectivity index (χ0v) is 12.3. The van der Waals surface area contributed by atoms with Crippen molar-refractivity contribution >= 4 is 0 Å². The molecule has 0 aromatic rings. The van der Waals surface area contributed by atoms with Gasteiger partial charge in [-0.05, 0) is 37.5 Å². The molecule has 2 nitrogen and oxygen atoms in total. The van der Waals surface area contributed by atoms with E-state index in [1.807, 2.05) is 0 Å². The average Bonchev–Trinajstić information content (AvgIpc) is 2.53. The number of hydrogen-bond donors (Lipinski definition) is 2. The number of aliphatic hydroxyl groups is 1. The molecule has 2 rings (SSSR count). The van der Waals surface area contributed by atoms with Crippen molar-refractivity contribution < 1.29 is 5.11 Å². The lowest BCUT2D eigenvalue weighted by molar-refractivity contribution is -0.138. The van der Waals surface area contributed by atoms with Crippen molar-refractivity contribution in [3.63, 3.8) is 0 Å². The maximum absolute atomic E-state index is 11.3. The van der Waals surface area contributed by atoms with Gasteiger partial charge in [-0.1, -0.05) is 46.0 Å². The second-order valence-electron chi connectivity index (χ2n) is 7.62. The van der Waals surface area contributed by atoms with E-state index in [4.69, 9.17) is 5.73 Å². The SMILES string of the molecule is CC1(C)CCCC(O)(C2(CN)CCCCCC2)C1. The second-order valence-corrected chi connectivity index (χ2v) is 7.62. The molecule has 18 heavy (non-hydrogen) atoms. The van der Waals surface area contributed by atoms with Gasteiger partial charge in [0.05, 0.1) is 5.60 Å². The second kappa shape index (κ2) is 5.13. The minimum Gasteiger partial charge on any atom is -0.389 e. The monoisotopic (exact) mass is 253 g/mol. The van der Waals surface area contributed by atoms with Crippen LogP contribution in [0.2, 0.25) is 0 Å². The van der Waals surface area contributed by atoms with Crippen LogP contribution < -0.4 is 5.73 Å². The summed E-state index contributed by atoms with van der Waals surface area (Å²) in [7, 11) is 0. The van der Waals surface area contributed by atoms with E-state index in [1.54, 1.807) is 0 Å². The third-order valence-electron chi connectivity index (χ3n) is 5.65. The van der Waals surface area contributed by atoms with Gasteiger partial charge in [-0.25, -0.2) is 0 Å². The highest BCUT2D eigenvalue weighted by atomic mass is 16.3.